The van der Waals surface area contributed by atoms with Crippen molar-refractivity contribution < 1.29 is 23.5 Å². The first kappa shape index (κ1) is 15.6. The van der Waals surface area contributed by atoms with Crippen molar-refractivity contribution in [3.63, 3.8) is 0 Å². The predicted octanol–water partition coefficient (Wildman–Crippen LogP) is 2.33. The number of para-hydroxylation sites is 1. The van der Waals surface area contributed by atoms with E-state index in [-0.39, 0.29) is 18.6 Å². The van der Waals surface area contributed by atoms with Crippen LogP contribution in [0.1, 0.15) is 31.6 Å². The van der Waals surface area contributed by atoms with Crippen LogP contribution >= 0.6 is 0 Å². The van der Waals surface area contributed by atoms with Crippen LogP contribution in [0.5, 0.6) is 0 Å². The number of fused-ring (bicyclic) bond motifs is 1. The van der Waals surface area contributed by atoms with E-state index in [0.29, 0.717) is 18.8 Å². The number of furan rings is 1. The van der Waals surface area contributed by atoms with Gasteiger partial charge < -0.3 is 19.2 Å². The van der Waals surface area contributed by atoms with E-state index in [1.807, 2.05) is 37.3 Å². The number of hydrogen-bond acceptors (Lipinski definition) is 5. The molecule has 6 nitrogen and oxygen atoms in total. The maximum absolute atomic E-state index is 11.9. The molecule has 0 unspecified atom stereocenters. The van der Waals surface area contributed by atoms with Gasteiger partial charge in [0, 0.05) is 12.0 Å². The van der Waals surface area contributed by atoms with Crippen LogP contribution in [0.4, 0.5) is 0 Å². The molecule has 0 spiro atoms. The van der Waals surface area contributed by atoms with Gasteiger partial charge >= 0.3 is 5.97 Å². The number of nitrogens with one attached hydrogen (secondary N) is 1. The lowest BCUT2D eigenvalue weighted by atomic mass is 10.2. The fourth-order valence-corrected chi connectivity index (χ4v) is 2.56. The summed E-state index contributed by atoms with van der Waals surface area (Å²) in [4.78, 5) is 23.6. The highest BCUT2D eigenvalue weighted by molar-refractivity contribution is 5.82. The minimum Gasteiger partial charge on any atom is -0.459 e. The molecule has 122 valence electrons. The highest BCUT2D eigenvalue weighted by Crippen LogP contribution is 2.23. The van der Waals surface area contributed by atoms with Crippen molar-refractivity contribution in [1.82, 2.24) is 5.32 Å². The summed E-state index contributed by atoms with van der Waals surface area (Å²) in [5.74, 6) is -0.191. The fourth-order valence-electron chi connectivity index (χ4n) is 2.56. The van der Waals surface area contributed by atoms with Crippen molar-refractivity contribution in [3.8, 4) is 0 Å². The molecule has 1 aliphatic rings. The van der Waals surface area contributed by atoms with Gasteiger partial charge in [-0.25, -0.2) is 4.79 Å². The zero-order valence-electron chi connectivity index (χ0n) is 12.9. The van der Waals surface area contributed by atoms with Crippen LogP contribution in [0.2, 0.25) is 0 Å². The first-order chi connectivity index (χ1) is 11.1. The summed E-state index contributed by atoms with van der Waals surface area (Å²) in [6.45, 7) is 2.07. The second kappa shape index (κ2) is 6.83. The van der Waals surface area contributed by atoms with Gasteiger partial charge in [-0.1, -0.05) is 18.2 Å². The second-order valence-corrected chi connectivity index (χ2v) is 5.59. The Balaban J connectivity index is 1.51. The number of benzene rings is 1. The number of amides is 1. The SMILES string of the molecule is C[C@H](NC(=O)COC(=O)[C@@H]1CCCO1)c1cc2ccccc2o1. The summed E-state index contributed by atoms with van der Waals surface area (Å²) in [5, 5.41) is 3.73. The minimum absolute atomic E-state index is 0.309. The normalized spacial score (nSPS) is 18.7. The monoisotopic (exact) mass is 317 g/mol. The molecule has 1 saturated heterocycles. The molecule has 3 rings (SSSR count). The summed E-state index contributed by atoms with van der Waals surface area (Å²) >= 11 is 0. The van der Waals surface area contributed by atoms with Gasteiger partial charge in [0.1, 0.15) is 11.3 Å². The van der Waals surface area contributed by atoms with Crippen LogP contribution in [0.25, 0.3) is 11.0 Å². The maximum Gasteiger partial charge on any atom is 0.335 e. The molecule has 2 heterocycles. The van der Waals surface area contributed by atoms with Gasteiger partial charge in [-0.2, -0.15) is 0 Å². The van der Waals surface area contributed by atoms with E-state index < -0.39 is 12.1 Å². The standard InChI is InChI=1S/C17H19NO5/c1-11(15-9-12-5-2-3-6-13(12)23-15)18-16(19)10-22-17(20)14-7-4-8-21-14/h2-3,5-6,9,11,14H,4,7-8,10H2,1H3,(H,18,19)/t11-,14-/m0/s1. The predicted molar refractivity (Wildman–Crippen MR) is 82.7 cm³/mol. The first-order valence-corrected chi connectivity index (χ1v) is 7.69. The average molecular weight is 317 g/mol. The highest BCUT2D eigenvalue weighted by Gasteiger charge is 2.25. The molecule has 0 aliphatic carbocycles. The quantitative estimate of drug-likeness (QED) is 0.856. The van der Waals surface area contributed by atoms with E-state index in [2.05, 4.69) is 5.32 Å². The number of rotatable bonds is 5. The lowest BCUT2D eigenvalue weighted by Crippen LogP contribution is -2.33. The molecule has 6 heteroatoms. The Bertz CT molecular complexity index is 669. The number of esters is 1. The van der Waals surface area contributed by atoms with Crippen LogP contribution < -0.4 is 5.32 Å². The van der Waals surface area contributed by atoms with E-state index in [4.69, 9.17) is 13.9 Å². The number of carbonyl (C=O) groups is 2. The number of ether oxygens (including phenoxy) is 2. The Labute approximate surface area is 133 Å². The van der Waals surface area contributed by atoms with E-state index in [9.17, 15) is 9.59 Å². The third-order valence-electron chi connectivity index (χ3n) is 3.79. The molecule has 0 saturated carbocycles. The first-order valence-electron chi connectivity index (χ1n) is 7.69. The Morgan fingerprint density at radius 2 is 2.22 bits per heavy atom. The Hall–Kier alpha value is -2.34. The second-order valence-electron chi connectivity index (χ2n) is 5.59. The summed E-state index contributed by atoms with van der Waals surface area (Å²) in [6, 6.07) is 9.21. The zero-order valence-corrected chi connectivity index (χ0v) is 12.9. The minimum atomic E-state index is -0.532. The van der Waals surface area contributed by atoms with Crippen molar-refractivity contribution in [3.05, 3.63) is 36.1 Å². The molecule has 1 amide bonds. The Morgan fingerprint density at radius 3 is 2.96 bits per heavy atom. The van der Waals surface area contributed by atoms with Crippen LogP contribution in [-0.2, 0) is 19.1 Å². The van der Waals surface area contributed by atoms with E-state index in [0.717, 1.165) is 17.4 Å². The third-order valence-corrected chi connectivity index (χ3v) is 3.79. The van der Waals surface area contributed by atoms with E-state index in [1.54, 1.807) is 0 Å². The number of carbonyl (C=O) groups excluding carboxylic acids is 2. The fraction of sp³-hybridized carbons (Fsp3) is 0.412. The summed E-state index contributed by atoms with van der Waals surface area (Å²) in [7, 11) is 0. The van der Waals surface area contributed by atoms with Crippen molar-refractivity contribution in [2.45, 2.75) is 31.9 Å². The molecule has 0 bridgehead atoms. The van der Waals surface area contributed by atoms with E-state index in [1.165, 1.54) is 0 Å². The Morgan fingerprint density at radius 1 is 1.39 bits per heavy atom. The molecule has 2 aromatic rings. The molecule has 2 atom stereocenters. The molecule has 1 aromatic carbocycles. The average Bonchev–Trinajstić information content (AvgIpc) is 3.21. The third kappa shape index (κ3) is 3.71. The lowest BCUT2D eigenvalue weighted by Gasteiger charge is -2.13. The van der Waals surface area contributed by atoms with Gasteiger partial charge in [0.25, 0.3) is 5.91 Å². The van der Waals surface area contributed by atoms with Crippen molar-refractivity contribution in [2.24, 2.45) is 0 Å². The topological polar surface area (TPSA) is 77.8 Å². The van der Waals surface area contributed by atoms with Crippen LogP contribution in [-0.4, -0.2) is 31.2 Å². The largest absolute Gasteiger partial charge is 0.459 e. The highest BCUT2D eigenvalue weighted by atomic mass is 16.6. The molecule has 1 aromatic heterocycles. The van der Waals surface area contributed by atoms with Crippen molar-refractivity contribution in [1.29, 1.82) is 0 Å². The van der Waals surface area contributed by atoms with Crippen LogP contribution in [0.15, 0.2) is 34.7 Å². The number of hydrogen-bond donors (Lipinski definition) is 1. The van der Waals surface area contributed by atoms with Gasteiger partial charge in [-0.3, -0.25) is 4.79 Å². The van der Waals surface area contributed by atoms with Gasteiger partial charge in [0.15, 0.2) is 12.7 Å². The Kier molecular flexibility index (Phi) is 4.62. The smallest absolute Gasteiger partial charge is 0.335 e. The van der Waals surface area contributed by atoms with Gasteiger partial charge in [0.05, 0.1) is 6.04 Å². The molecular formula is C17H19NO5. The lowest BCUT2D eigenvalue weighted by molar-refractivity contribution is -0.157. The molecular weight excluding hydrogens is 298 g/mol. The molecule has 1 N–H and O–H groups in total. The van der Waals surface area contributed by atoms with E-state index >= 15 is 0 Å². The molecule has 1 aliphatic heterocycles. The van der Waals surface area contributed by atoms with Gasteiger partial charge in [0.2, 0.25) is 0 Å². The van der Waals surface area contributed by atoms with Crippen molar-refractivity contribution in [2.75, 3.05) is 13.2 Å². The van der Waals surface area contributed by atoms with Crippen LogP contribution in [0.3, 0.4) is 0 Å². The molecule has 1 fully saturated rings. The summed E-state index contributed by atoms with van der Waals surface area (Å²) in [5.41, 5.74) is 0.772. The molecule has 23 heavy (non-hydrogen) atoms. The zero-order chi connectivity index (χ0) is 16.2. The van der Waals surface area contributed by atoms with Crippen LogP contribution in [0, 0.1) is 0 Å². The van der Waals surface area contributed by atoms with Gasteiger partial charge in [-0.05, 0) is 31.9 Å². The maximum atomic E-state index is 11.9. The molecule has 0 radical (unpaired) electrons. The summed E-state index contributed by atoms with van der Waals surface area (Å²) in [6.07, 6.45) is 0.959. The summed E-state index contributed by atoms with van der Waals surface area (Å²) < 4.78 is 15.9. The van der Waals surface area contributed by atoms with Gasteiger partial charge in [-0.15, -0.1) is 0 Å². The van der Waals surface area contributed by atoms with Crippen molar-refractivity contribution >= 4 is 22.8 Å².